The summed E-state index contributed by atoms with van der Waals surface area (Å²) in [5.74, 6) is -0.164. The number of carbonyl (C=O) groups is 1. The van der Waals surface area contributed by atoms with Gasteiger partial charge in [-0.3, -0.25) is 0 Å². The largest absolute Gasteiger partial charge is 0.478 e. The summed E-state index contributed by atoms with van der Waals surface area (Å²) in [4.78, 5) is 10.7. The molecular weight excluding hydrogens is 257 g/mol. The monoisotopic (exact) mass is 281 g/mol. The van der Waals surface area contributed by atoms with Crippen LogP contribution < -0.4 is 5.32 Å². The Hall–Kier alpha value is -1.42. The molecule has 0 heterocycles. The lowest BCUT2D eigenvalue weighted by molar-refractivity contribution is 0.0692. The van der Waals surface area contributed by atoms with Crippen molar-refractivity contribution in [3.63, 3.8) is 0 Å². The summed E-state index contributed by atoms with van der Waals surface area (Å²) in [7, 11) is 0. The van der Waals surface area contributed by atoms with Gasteiger partial charge >= 0.3 is 5.97 Å². The van der Waals surface area contributed by atoms with Gasteiger partial charge in [0.05, 0.1) is 5.56 Å². The van der Waals surface area contributed by atoms with Crippen LogP contribution in [0.25, 0.3) is 0 Å². The molecule has 1 rings (SSSR count). The lowest BCUT2D eigenvalue weighted by Gasteiger charge is -2.25. The predicted octanol–water partition coefficient (Wildman–Crippen LogP) is 3.54. The van der Waals surface area contributed by atoms with Crippen LogP contribution in [0.5, 0.6) is 0 Å². The van der Waals surface area contributed by atoms with Gasteiger partial charge in [-0.25, -0.2) is 9.18 Å². The zero-order valence-corrected chi connectivity index (χ0v) is 12.6. The van der Waals surface area contributed by atoms with Crippen LogP contribution >= 0.6 is 0 Å². The lowest BCUT2D eigenvalue weighted by atomic mass is 9.85. The second kappa shape index (κ2) is 7.39. The van der Waals surface area contributed by atoms with Crippen LogP contribution in [0.15, 0.2) is 18.2 Å². The molecule has 0 fully saturated rings. The van der Waals surface area contributed by atoms with Crippen LogP contribution in [-0.2, 0) is 6.54 Å². The average molecular weight is 281 g/mol. The van der Waals surface area contributed by atoms with Gasteiger partial charge in [-0.15, -0.1) is 0 Å². The minimum atomic E-state index is -1.23. The first kappa shape index (κ1) is 16.6. The highest BCUT2D eigenvalue weighted by Gasteiger charge is 2.17. The average Bonchev–Trinajstić information content (AvgIpc) is 2.33. The van der Waals surface area contributed by atoms with Crippen molar-refractivity contribution in [1.82, 2.24) is 5.32 Å². The van der Waals surface area contributed by atoms with Gasteiger partial charge in [-0.1, -0.05) is 33.8 Å². The van der Waals surface area contributed by atoms with Crippen molar-refractivity contribution in [3.8, 4) is 0 Å². The molecule has 1 aromatic carbocycles. The zero-order valence-electron chi connectivity index (χ0n) is 12.6. The Kier molecular flexibility index (Phi) is 6.14. The van der Waals surface area contributed by atoms with Gasteiger partial charge in [0.1, 0.15) is 5.82 Å². The standard InChI is InChI=1S/C16H24FNO2/c1-10(2)14(11(3)4)9-18-8-12-5-6-13(16(19)20)15(17)7-12/h5-7,10-11,14,18H,8-9H2,1-4H3,(H,19,20). The van der Waals surface area contributed by atoms with Gasteiger partial charge in [0.15, 0.2) is 0 Å². The summed E-state index contributed by atoms with van der Waals surface area (Å²) in [6.07, 6.45) is 0. The van der Waals surface area contributed by atoms with E-state index in [1.807, 2.05) is 0 Å². The van der Waals surface area contributed by atoms with Crippen LogP contribution in [0.2, 0.25) is 0 Å². The summed E-state index contributed by atoms with van der Waals surface area (Å²) in [5, 5.41) is 12.1. The normalized spacial score (nSPS) is 11.6. The minimum absolute atomic E-state index is 0.281. The SMILES string of the molecule is CC(C)C(CNCc1ccc(C(=O)O)c(F)c1)C(C)C. The maximum atomic E-state index is 13.5. The van der Waals surface area contributed by atoms with E-state index in [1.165, 1.54) is 12.1 Å². The summed E-state index contributed by atoms with van der Waals surface area (Å²) < 4.78 is 13.5. The van der Waals surface area contributed by atoms with E-state index >= 15 is 0 Å². The molecule has 0 atom stereocenters. The Bertz CT molecular complexity index is 450. The Morgan fingerprint density at radius 2 is 1.85 bits per heavy atom. The molecule has 0 aromatic heterocycles. The summed E-state index contributed by atoms with van der Waals surface area (Å²) in [6, 6.07) is 4.26. The van der Waals surface area contributed by atoms with E-state index in [1.54, 1.807) is 6.07 Å². The van der Waals surface area contributed by atoms with E-state index in [-0.39, 0.29) is 5.56 Å². The van der Waals surface area contributed by atoms with E-state index in [2.05, 4.69) is 33.0 Å². The molecule has 3 nitrogen and oxygen atoms in total. The maximum Gasteiger partial charge on any atom is 0.338 e. The van der Waals surface area contributed by atoms with Crippen molar-refractivity contribution in [3.05, 3.63) is 35.1 Å². The molecule has 0 amide bonds. The van der Waals surface area contributed by atoms with E-state index in [0.29, 0.717) is 24.3 Å². The minimum Gasteiger partial charge on any atom is -0.478 e. The molecule has 0 aliphatic heterocycles. The molecule has 4 heteroatoms. The second-order valence-electron chi connectivity index (χ2n) is 5.90. The third-order valence-electron chi connectivity index (χ3n) is 3.69. The predicted molar refractivity (Wildman–Crippen MR) is 78.2 cm³/mol. The fourth-order valence-electron chi connectivity index (χ4n) is 2.47. The van der Waals surface area contributed by atoms with Crippen molar-refractivity contribution in [1.29, 1.82) is 0 Å². The van der Waals surface area contributed by atoms with Crippen molar-refractivity contribution >= 4 is 5.97 Å². The topological polar surface area (TPSA) is 49.3 Å². The number of nitrogens with one attached hydrogen (secondary N) is 1. The molecular formula is C16H24FNO2. The molecule has 20 heavy (non-hydrogen) atoms. The first-order chi connectivity index (χ1) is 9.32. The van der Waals surface area contributed by atoms with Crippen LogP contribution in [0, 0.1) is 23.6 Å². The number of carboxylic acid groups (broad SMARTS) is 1. The van der Waals surface area contributed by atoms with E-state index in [9.17, 15) is 9.18 Å². The fourth-order valence-corrected chi connectivity index (χ4v) is 2.47. The van der Waals surface area contributed by atoms with E-state index < -0.39 is 11.8 Å². The highest BCUT2D eigenvalue weighted by Crippen LogP contribution is 2.19. The molecule has 112 valence electrons. The number of benzene rings is 1. The lowest BCUT2D eigenvalue weighted by Crippen LogP contribution is -2.29. The van der Waals surface area contributed by atoms with Gasteiger partial charge in [0, 0.05) is 6.54 Å². The first-order valence-electron chi connectivity index (χ1n) is 7.05. The molecule has 0 spiro atoms. The molecule has 0 unspecified atom stereocenters. The third kappa shape index (κ3) is 4.60. The van der Waals surface area contributed by atoms with Crippen molar-refractivity contribution in [2.24, 2.45) is 17.8 Å². The highest BCUT2D eigenvalue weighted by molar-refractivity contribution is 5.87. The molecule has 2 N–H and O–H groups in total. The molecule has 0 radical (unpaired) electrons. The Morgan fingerprint density at radius 1 is 1.25 bits per heavy atom. The van der Waals surface area contributed by atoms with Gasteiger partial charge in [0.25, 0.3) is 0 Å². The Balaban J connectivity index is 2.58. The maximum absolute atomic E-state index is 13.5. The van der Waals surface area contributed by atoms with Crippen molar-refractivity contribution in [2.75, 3.05) is 6.54 Å². The van der Waals surface area contributed by atoms with Crippen molar-refractivity contribution < 1.29 is 14.3 Å². The number of halogens is 1. The molecule has 0 aliphatic carbocycles. The van der Waals surface area contributed by atoms with Gasteiger partial charge in [0.2, 0.25) is 0 Å². The third-order valence-corrected chi connectivity index (χ3v) is 3.69. The number of hydrogen-bond donors (Lipinski definition) is 2. The summed E-state index contributed by atoms with van der Waals surface area (Å²) >= 11 is 0. The smallest absolute Gasteiger partial charge is 0.338 e. The van der Waals surface area contributed by atoms with Crippen LogP contribution in [0.4, 0.5) is 4.39 Å². The van der Waals surface area contributed by atoms with Gasteiger partial charge in [-0.2, -0.15) is 0 Å². The van der Waals surface area contributed by atoms with Crippen LogP contribution in [0.1, 0.15) is 43.6 Å². The number of rotatable bonds is 7. The zero-order chi connectivity index (χ0) is 15.3. The number of aromatic carboxylic acids is 1. The highest BCUT2D eigenvalue weighted by atomic mass is 19.1. The number of hydrogen-bond acceptors (Lipinski definition) is 2. The summed E-state index contributed by atoms with van der Waals surface area (Å²) in [5.41, 5.74) is 0.481. The Labute approximate surface area is 120 Å². The van der Waals surface area contributed by atoms with Crippen molar-refractivity contribution in [2.45, 2.75) is 34.2 Å². The second-order valence-corrected chi connectivity index (χ2v) is 5.90. The van der Waals surface area contributed by atoms with E-state index in [4.69, 9.17) is 5.11 Å². The number of carboxylic acids is 1. The van der Waals surface area contributed by atoms with E-state index in [0.717, 1.165) is 12.1 Å². The van der Waals surface area contributed by atoms with Crippen LogP contribution in [0.3, 0.4) is 0 Å². The molecule has 0 aliphatic rings. The van der Waals surface area contributed by atoms with Gasteiger partial charge < -0.3 is 10.4 Å². The molecule has 0 bridgehead atoms. The summed E-state index contributed by atoms with van der Waals surface area (Å²) in [6.45, 7) is 10.2. The molecule has 0 saturated carbocycles. The quantitative estimate of drug-likeness (QED) is 0.803. The fraction of sp³-hybridized carbons (Fsp3) is 0.562. The van der Waals surface area contributed by atoms with Gasteiger partial charge in [-0.05, 0) is 42.0 Å². The molecule has 0 saturated heterocycles. The van der Waals surface area contributed by atoms with Crippen LogP contribution in [-0.4, -0.2) is 17.6 Å². The first-order valence-corrected chi connectivity index (χ1v) is 7.05. The Morgan fingerprint density at radius 3 is 2.30 bits per heavy atom. The molecule has 1 aromatic rings.